The number of hydrogen-bond acceptors (Lipinski definition) is 5. The zero-order valence-corrected chi connectivity index (χ0v) is 15.3. The molecule has 24 heavy (non-hydrogen) atoms. The standard InChI is InChI=1S/C19H23N3OS/c1-13-8-14(2)11-22(10-13)12-17(23)15(9-20)19-21(3)16-6-4-5-7-18(16)24-19/h4-7,13-14H,8,10-12H2,1-3H3/b19-15-/t13-,14-/m1/s1. The van der Waals surface area contributed by atoms with Crippen molar-refractivity contribution in [1.29, 1.82) is 5.26 Å². The molecule has 1 fully saturated rings. The van der Waals surface area contributed by atoms with Crippen LogP contribution < -0.4 is 4.90 Å². The molecule has 4 nitrogen and oxygen atoms in total. The Morgan fingerprint density at radius 2 is 1.96 bits per heavy atom. The number of anilines is 1. The van der Waals surface area contributed by atoms with Crippen LogP contribution in [0.15, 0.2) is 39.8 Å². The second-order valence-electron chi connectivity index (χ2n) is 6.98. The molecule has 0 aliphatic carbocycles. The molecule has 2 heterocycles. The molecule has 2 atom stereocenters. The van der Waals surface area contributed by atoms with Gasteiger partial charge in [0.05, 0.1) is 12.2 Å². The third-order valence-electron chi connectivity index (χ3n) is 4.65. The van der Waals surface area contributed by atoms with E-state index in [1.807, 2.05) is 36.2 Å². The van der Waals surface area contributed by atoms with Crippen molar-refractivity contribution in [2.24, 2.45) is 11.8 Å². The van der Waals surface area contributed by atoms with Gasteiger partial charge in [0.15, 0.2) is 5.78 Å². The first-order valence-electron chi connectivity index (χ1n) is 8.40. The maximum absolute atomic E-state index is 12.8. The highest BCUT2D eigenvalue weighted by molar-refractivity contribution is 8.03. The van der Waals surface area contributed by atoms with Gasteiger partial charge in [-0.15, -0.1) is 0 Å². The van der Waals surface area contributed by atoms with E-state index in [2.05, 4.69) is 24.8 Å². The molecule has 1 saturated heterocycles. The Bertz CT molecular complexity index is 712. The van der Waals surface area contributed by atoms with Gasteiger partial charge in [-0.05, 0) is 30.4 Å². The van der Waals surface area contributed by atoms with Gasteiger partial charge in [-0.3, -0.25) is 9.69 Å². The Morgan fingerprint density at radius 1 is 1.29 bits per heavy atom. The Balaban J connectivity index is 1.80. The fourth-order valence-corrected chi connectivity index (χ4v) is 4.92. The second kappa shape index (κ2) is 7.00. The summed E-state index contributed by atoms with van der Waals surface area (Å²) in [4.78, 5) is 18.0. The average Bonchev–Trinajstić information content (AvgIpc) is 2.84. The summed E-state index contributed by atoms with van der Waals surface area (Å²) in [6.07, 6.45) is 1.21. The first-order valence-corrected chi connectivity index (χ1v) is 9.21. The molecule has 5 heteroatoms. The number of nitriles is 1. The molecule has 0 aromatic heterocycles. The summed E-state index contributed by atoms with van der Waals surface area (Å²) < 4.78 is 0. The van der Waals surface area contributed by atoms with Gasteiger partial charge >= 0.3 is 0 Å². The SMILES string of the molecule is C[C@@H]1C[C@@H](C)CN(CC(=O)/C(C#N)=C2\Sc3ccccc3N2C)C1. The molecule has 126 valence electrons. The first kappa shape index (κ1) is 17.1. The van der Waals surface area contributed by atoms with Crippen molar-refractivity contribution in [3.05, 3.63) is 34.9 Å². The quantitative estimate of drug-likeness (QED) is 0.622. The average molecular weight is 341 g/mol. The lowest BCUT2D eigenvalue weighted by Crippen LogP contribution is -2.42. The van der Waals surface area contributed by atoms with Crippen molar-refractivity contribution < 1.29 is 4.79 Å². The number of rotatable bonds is 3. The number of nitrogens with zero attached hydrogens (tertiary/aromatic N) is 3. The fourth-order valence-electron chi connectivity index (χ4n) is 3.75. The zero-order chi connectivity index (χ0) is 17.3. The van der Waals surface area contributed by atoms with Gasteiger partial charge < -0.3 is 4.90 Å². The van der Waals surface area contributed by atoms with E-state index in [0.717, 1.165) is 28.7 Å². The highest BCUT2D eigenvalue weighted by Crippen LogP contribution is 2.46. The molecule has 0 saturated carbocycles. The highest BCUT2D eigenvalue weighted by Gasteiger charge is 2.30. The highest BCUT2D eigenvalue weighted by atomic mass is 32.2. The third-order valence-corrected chi connectivity index (χ3v) is 5.89. The molecule has 2 aliphatic rings. The molecule has 1 aromatic rings. The zero-order valence-electron chi connectivity index (χ0n) is 14.5. The maximum atomic E-state index is 12.8. The van der Waals surface area contributed by atoms with Gasteiger partial charge in [-0.1, -0.05) is 37.7 Å². The van der Waals surface area contributed by atoms with Gasteiger partial charge in [-0.25, -0.2) is 0 Å². The number of para-hydroxylation sites is 1. The number of benzene rings is 1. The smallest absolute Gasteiger partial charge is 0.190 e. The van der Waals surface area contributed by atoms with Gasteiger partial charge in [0.2, 0.25) is 0 Å². The van der Waals surface area contributed by atoms with E-state index >= 15 is 0 Å². The molecule has 0 N–H and O–H groups in total. The molecular weight excluding hydrogens is 318 g/mol. The topological polar surface area (TPSA) is 47.3 Å². The number of ketones is 1. The van der Waals surface area contributed by atoms with Crippen molar-refractivity contribution in [2.45, 2.75) is 25.2 Å². The Morgan fingerprint density at radius 3 is 2.58 bits per heavy atom. The van der Waals surface area contributed by atoms with Crippen molar-refractivity contribution in [2.75, 3.05) is 31.6 Å². The monoisotopic (exact) mass is 341 g/mol. The minimum Gasteiger partial charge on any atom is -0.337 e. The van der Waals surface area contributed by atoms with Gasteiger partial charge in [0.1, 0.15) is 16.7 Å². The summed E-state index contributed by atoms with van der Waals surface area (Å²) >= 11 is 1.51. The van der Waals surface area contributed by atoms with Crippen molar-refractivity contribution >= 4 is 23.2 Å². The largest absolute Gasteiger partial charge is 0.337 e. The van der Waals surface area contributed by atoms with Crippen LogP contribution in [0.1, 0.15) is 20.3 Å². The van der Waals surface area contributed by atoms with Crippen LogP contribution in [0.2, 0.25) is 0 Å². The predicted octanol–water partition coefficient (Wildman–Crippen LogP) is 3.51. The van der Waals surface area contributed by atoms with E-state index in [-0.39, 0.29) is 11.4 Å². The summed E-state index contributed by atoms with van der Waals surface area (Å²) in [7, 11) is 1.92. The second-order valence-corrected chi connectivity index (χ2v) is 8.01. The van der Waals surface area contributed by atoms with Gasteiger partial charge in [-0.2, -0.15) is 5.26 Å². The Hall–Kier alpha value is -1.77. The Labute approximate surface area is 148 Å². The predicted molar refractivity (Wildman–Crippen MR) is 97.7 cm³/mol. The number of hydrogen-bond donors (Lipinski definition) is 0. The number of carbonyl (C=O) groups excluding carboxylic acids is 1. The lowest BCUT2D eigenvalue weighted by Gasteiger charge is -2.34. The van der Waals surface area contributed by atoms with E-state index in [1.165, 1.54) is 18.2 Å². The minimum absolute atomic E-state index is 0.0686. The van der Waals surface area contributed by atoms with E-state index in [1.54, 1.807) is 0 Å². The normalized spacial score (nSPS) is 26.0. The molecule has 0 amide bonds. The van der Waals surface area contributed by atoms with Crippen LogP contribution in [-0.4, -0.2) is 37.4 Å². The molecular formula is C19H23N3OS. The first-order chi connectivity index (χ1) is 11.5. The van der Waals surface area contributed by atoms with Crippen molar-refractivity contribution in [3.63, 3.8) is 0 Å². The minimum atomic E-state index is -0.0686. The lowest BCUT2D eigenvalue weighted by atomic mass is 9.91. The van der Waals surface area contributed by atoms with E-state index in [9.17, 15) is 10.1 Å². The fraction of sp³-hybridized carbons (Fsp3) is 0.474. The maximum Gasteiger partial charge on any atom is 0.190 e. The van der Waals surface area contributed by atoms with Crippen LogP contribution >= 0.6 is 11.8 Å². The molecule has 0 unspecified atom stereocenters. The van der Waals surface area contributed by atoms with Crippen LogP contribution in [-0.2, 0) is 4.79 Å². The number of piperidine rings is 1. The molecule has 1 aromatic carbocycles. The van der Waals surface area contributed by atoms with Crippen LogP contribution in [0.5, 0.6) is 0 Å². The van der Waals surface area contributed by atoms with Crippen LogP contribution in [0, 0.1) is 23.2 Å². The molecule has 0 bridgehead atoms. The molecule has 0 spiro atoms. The van der Waals surface area contributed by atoms with Crippen molar-refractivity contribution in [1.82, 2.24) is 4.90 Å². The third kappa shape index (κ3) is 3.35. The van der Waals surface area contributed by atoms with E-state index in [4.69, 9.17) is 0 Å². The van der Waals surface area contributed by atoms with Crippen LogP contribution in [0.4, 0.5) is 5.69 Å². The Kier molecular flexibility index (Phi) is 4.98. The van der Waals surface area contributed by atoms with E-state index < -0.39 is 0 Å². The summed E-state index contributed by atoms with van der Waals surface area (Å²) in [6, 6.07) is 10.2. The summed E-state index contributed by atoms with van der Waals surface area (Å²) in [5.41, 5.74) is 1.34. The van der Waals surface area contributed by atoms with E-state index in [0.29, 0.717) is 18.4 Å². The molecule has 2 aliphatic heterocycles. The lowest BCUT2D eigenvalue weighted by molar-refractivity contribution is -0.116. The van der Waals surface area contributed by atoms with Crippen LogP contribution in [0.3, 0.4) is 0 Å². The number of Topliss-reactive ketones (excluding diaryl/α,β-unsaturated/α-hetero) is 1. The molecule has 0 radical (unpaired) electrons. The molecule has 3 rings (SSSR count). The number of carbonyl (C=O) groups is 1. The van der Waals surface area contributed by atoms with Crippen LogP contribution in [0.25, 0.3) is 0 Å². The summed E-state index contributed by atoms with van der Waals surface area (Å²) in [5.74, 6) is 1.14. The van der Waals surface area contributed by atoms with Gasteiger partial charge in [0, 0.05) is 25.0 Å². The van der Waals surface area contributed by atoms with Gasteiger partial charge in [0.25, 0.3) is 0 Å². The number of likely N-dealkylation sites (tertiary alicyclic amines) is 1. The van der Waals surface area contributed by atoms with Crippen molar-refractivity contribution in [3.8, 4) is 6.07 Å². The summed E-state index contributed by atoms with van der Waals surface area (Å²) in [5, 5.41) is 10.4. The number of thioether (sulfide) groups is 1. The summed E-state index contributed by atoms with van der Waals surface area (Å²) in [6.45, 7) is 6.68. The number of fused-ring (bicyclic) bond motifs is 1.